The van der Waals surface area contributed by atoms with Gasteiger partial charge in [-0.25, -0.2) is 4.99 Å². The van der Waals surface area contributed by atoms with Crippen molar-refractivity contribution >= 4 is 27.7 Å². The standard InChI is InChI=1S/C31H33BrN2O5/c1-37-26-8-4-7-23(18-26)28-31(30(36)33-20-21-10-11-21,19-24-6-2-3-9-27(24)32)34-29(39-28)22-12-14-25(15-13-22)38-17-5-16-35/h2-4,6-9,12-15,18,21,28,35H,5,10-11,16-17,19-20H2,1H3,(H,33,36)/t28-,31-/m1/s1. The number of carbonyl (C=O) groups excluding carboxylic acids is 1. The van der Waals surface area contributed by atoms with Gasteiger partial charge in [0.2, 0.25) is 5.90 Å². The first-order chi connectivity index (χ1) is 19.0. The molecule has 0 bridgehead atoms. The zero-order valence-electron chi connectivity index (χ0n) is 21.9. The number of amides is 1. The molecule has 0 spiro atoms. The van der Waals surface area contributed by atoms with Crippen LogP contribution >= 0.6 is 15.9 Å². The monoisotopic (exact) mass is 592 g/mol. The highest BCUT2D eigenvalue weighted by molar-refractivity contribution is 9.10. The van der Waals surface area contributed by atoms with E-state index in [2.05, 4.69) is 21.2 Å². The number of methoxy groups -OCH3 is 1. The van der Waals surface area contributed by atoms with E-state index in [4.69, 9.17) is 24.3 Å². The minimum absolute atomic E-state index is 0.0802. The van der Waals surface area contributed by atoms with E-state index >= 15 is 0 Å². The van der Waals surface area contributed by atoms with Crippen LogP contribution in [0.15, 0.2) is 82.3 Å². The van der Waals surface area contributed by atoms with Gasteiger partial charge in [0.1, 0.15) is 11.5 Å². The second-order valence-corrected chi connectivity index (χ2v) is 10.8. The lowest BCUT2D eigenvalue weighted by Gasteiger charge is -2.31. The van der Waals surface area contributed by atoms with Gasteiger partial charge in [0, 0.05) is 36.0 Å². The number of benzene rings is 3. The summed E-state index contributed by atoms with van der Waals surface area (Å²) in [7, 11) is 1.62. The van der Waals surface area contributed by atoms with Gasteiger partial charge in [-0.1, -0.05) is 46.3 Å². The predicted molar refractivity (Wildman–Crippen MR) is 153 cm³/mol. The summed E-state index contributed by atoms with van der Waals surface area (Å²) in [5.74, 6) is 2.14. The fraction of sp³-hybridized carbons (Fsp3) is 0.355. The number of aliphatic hydroxyl groups excluding tert-OH is 1. The maximum Gasteiger partial charge on any atom is 0.252 e. The van der Waals surface area contributed by atoms with E-state index in [1.807, 2.05) is 72.8 Å². The number of halogens is 1. The Labute approximate surface area is 237 Å². The summed E-state index contributed by atoms with van der Waals surface area (Å²) in [5, 5.41) is 12.2. The Balaban J connectivity index is 1.56. The molecule has 2 N–H and O–H groups in total. The number of rotatable bonds is 12. The smallest absolute Gasteiger partial charge is 0.252 e. The average Bonchev–Trinajstić information content (AvgIpc) is 3.72. The minimum atomic E-state index is -1.24. The molecule has 1 aliphatic heterocycles. The molecule has 3 aromatic rings. The Kier molecular flexibility index (Phi) is 8.53. The van der Waals surface area contributed by atoms with E-state index in [1.165, 1.54) is 0 Å². The molecule has 7 nitrogen and oxygen atoms in total. The molecule has 39 heavy (non-hydrogen) atoms. The van der Waals surface area contributed by atoms with Crippen molar-refractivity contribution in [2.75, 3.05) is 26.9 Å². The first-order valence-electron chi connectivity index (χ1n) is 13.3. The Hall–Kier alpha value is -3.36. The third-order valence-electron chi connectivity index (χ3n) is 7.09. The zero-order valence-corrected chi connectivity index (χ0v) is 23.5. The summed E-state index contributed by atoms with van der Waals surface area (Å²) < 4.78 is 18.7. The van der Waals surface area contributed by atoms with E-state index in [-0.39, 0.29) is 12.5 Å². The molecule has 1 fully saturated rings. The van der Waals surface area contributed by atoms with Crippen LogP contribution in [0.5, 0.6) is 11.5 Å². The van der Waals surface area contributed by atoms with Crippen LogP contribution in [0.3, 0.4) is 0 Å². The highest BCUT2D eigenvalue weighted by atomic mass is 79.9. The molecule has 5 rings (SSSR count). The largest absolute Gasteiger partial charge is 0.497 e. The van der Waals surface area contributed by atoms with Gasteiger partial charge in [0.05, 0.1) is 13.7 Å². The van der Waals surface area contributed by atoms with E-state index in [0.717, 1.165) is 34.0 Å². The van der Waals surface area contributed by atoms with E-state index in [9.17, 15) is 4.79 Å². The highest BCUT2D eigenvalue weighted by Crippen LogP contribution is 2.44. The predicted octanol–water partition coefficient (Wildman–Crippen LogP) is 5.24. The summed E-state index contributed by atoms with van der Waals surface area (Å²) in [5.41, 5.74) is 1.29. The van der Waals surface area contributed by atoms with Crippen LogP contribution in [0.1, 0.15) is 42.1 Å². The maximum absolute atomic E-state index is 14.1. The van der Waals surface area contributed by atoms with Crippen LogP contribution in [-0.2, 0) is 16.0 Å². The van der Waals surface area contributed by atoms with Crippen molar-refractivity contribution in [3.05, 3.63) is 94.0 Å². The summed E-state index contributed by atoms with van der Waals surface area (Å²) in [6.07, 6.45) is 2.50. The molecular formula is C31H33BrN2O5. The lowest BCUT2D eigenvalue weighted by Crippen LogP contribution is -2.50. The number of nitrogens with zero attached hydrogens (tertiary/aromatic N) is 1. The maximum atomic E-state index is 14.1. The number of carbonyl (C=O) groups is 1. The van der Waals surface area contributed by atoms with Crippen LogP contribution < -0.4 is 14.8 Å². The molecule has 0 radical (unpaired) electrons. The topological polar surface area (TPSA) is 89.4 Å². The molecule has 1 heterocycles. The Morgan fingerprint density at radius 2 is 1.90 bits per heavy atom. The number of nitrogens with one attached hydrogen (secondary N) is 1. The highest BCUT2D eigenvalue weighted by Gasteiger charge is 2.53. The van der Waals surface area contributed by atoms with Gasteiger partial charge >= 0.3 is 0 Å². The van der Waals surface area contributed by atoms with Crippen LogP contribution in [0.25, 0.3) is 0 Å². The fourth-order valence-electron chi connectivity index (χ4n) is 4.73. The number of hydrogen-bond acceptors (Lipinski definition) is 6. The van der Waals surface area contributed by atoms with E-state index in [0.29, 0.717) is 49.3 Å². The third-order valence-corrected chi connectivity index (χ3v) is 7.87. The number of hydrogen-bond donors (Lipinski definition) is 2. The van der Waals surface area contributed by atoms with Crippen molar-refractivity contribution in [2.24, 2.45) is 10.9 Å². The van der Waals surface area contributed by atoms with Crippen molar-refractivity contribution < 1.29 is 24.1 Å². The number of aliphatic imine (C=N–C) groups is 1. The first kappa shape index (κ1) is 27.2. The molecule has 1 aliphatic carbocycles. The molecule has 8 heteroatoms. The van der Waals surface area contributed by atoms with Crippen molar-refractivity contribution in [1.29, 1.82) is 0 Å². The van der Waals surface area contributed by atoms with Crippen molar-refractivity contribution in [3.63, 3.8) is 0 Å². The Morgan fingerprint density at radius 1 is 1.10 bits per heavy atom. The van der Waals surface area contributed by atoms with Crippen molar-refractivity contribution in [3.8, 4) is 11.5 Å². The summed E-state index contributed by atoms with van der Waals surface area (Å²) in [4.78, 5) is 19.2. The molecule has 3 aromatic carbocycles. The van der Waals surface area contributed by atoms with Gasteiger partial charge < -0.3 is 24.6 Å². The molecule has 0 saturated heterocycles. The minimum Gasteiger partial charge on any atom is -0.497 e. The van der Waals surface area contributed by atoms with Gasteiger partial charge in [0.15, 0.2) is 11.6 Å². The molecule has 2 atom stereocenters. The van der Waals surface area contributed by atoms with Gasteiger partial charge in [-0.2, -0.15) is 0 Å². The second-order valence-electron chi connectivity index (χ2n) is 9.99. The molecule has 204 valence electrons. The van der Waals surface area contributed by atoms with Crippen LogP contribution in [0, 0.1) is 5.92 Å². The van der Waals surface area contributed by atoms with Crippen LogP contribution in [-0.4, -0.2) is 49.3 Å². The van der Waals surface area contributed by atoms with Gasteiger partial charge in [0.25, 0.3) is 5.91 Å². The molecule has 1 saturated carbocycles. The average molecular weight is 594 g/mol. The lowest BCUT2D eigenvalue weighted by atomic mass is 9.82. The second kappa shape index (κ2) is 12.2. The molecule has 0 aromatic heterocycles. The molecule has 1 amide bonds. The summed E-state index contributed by atoms with van der Waals surface area (Å²) >= 11 is 3.67. The lowest BCUT2D eigenvalue weighted by molar-refractivity contribution is -0.129. The molecule has 0 unspecified atom stereocenters. The fourth-order valence-corrected chi connectivity index (χ4v) is 5.16. The Morgan fingerprint density at radius 3 is 2.62 bits per heavy atom. The van der Waals surface area contributed by atoms with Crippen LogP contribution in [0.2, 0.25) is 0 Å². The van der Waals surface area contributed by atoms with Gasteiger partial charge in [-0.05, 0) is 72.4 Å². The van der Waals surface area contributed by atoms with E-state index < -0.39 is 11.6 Å². The molecule has 2 aliphatic rings. The molecular weight excluding hydrogens is 560 g/mol. The normalized spacial score (nSPS) is 20.2. The summed E-state index contributed by atoms with van der Waals surface area (Å²) in [6.45, 7) is 1.14. The van der Waals surface area contributed by atoms with Gasteiger partial charge in [-0.3, -0.25) is 4.79 Å². The zero-order chi connectivity index (χ0) is 27.2. The number of aliphatic hydroxyl groups is 1. The van der Waals surface area contributed by atoms with Gasteiger partial charge in [-0.15, -0.1) is 0 Å². The quantitative estimate of drug-likeness (QED) is 0.281. The third kappa shape index (κ3) is 6.28. The van der Waals surface area contributed by atoms with Crippen molar-refractivity contribution in [2.45, 2.75) is 37.3 Å². The first-order valence-corrected chi connectivity index (χ1v) is 14.1. The SMILES string of the molecule is COc1cccc([C@H]2OC(c3ccc(OCCCO)cc3)=N[C@@]2(Cc2ccccc2Br)C(=O)NCC2CC2)c1. The van der Waals surface area contributed by atoms with E-state index in [1.54, 1.807) is 7.11 Å². The number of ether oxygens (including phenoxy) is 3. The summed E-state index contributed by atoms with van der Waals surface area (Å²) in [6, 6.07) is 23.0. The van der Waals surface area contributed by atoms with Crippen LogP contribution in [0.4, 0.5) is 0 Å². The van der Waals surface area contributed by atoms with Crippen molar-refractivity contribution in [1.82, 2.24) is 5.32 Å². The Bertz CT molecular complexity index is 1320.